The van der Waals surface area contributed by atoms with Crippen LogP contribution in [-0.2, 0) is 0 Å². The van der Waals surface area contributed by atoms with Crippen LogP contribution in [0.15, 0.2) is 18.2 Å². The van der Waals surface area contributed by atoms with E-state index in [2.05, 4.69) is 15.6 Å². The van der Waals surface area contributed by atoms with Crippen molar-refractivity contribution in [1.29, 1.82) is 0 Å². The fraction of sp³-hybridized carbons (Fsp3) is 0.600. The number of rotatable bonds is 4. The number of anilines is 1. The molecule has 2 rings (SSSR count). The fourth-order valence-corrected chi connectivity index (χ4v) is 2.66. The maximum Gasteiger partial charge on any atom is 0.320 e. The Morgan fingerprint density at radius 3 is 2.85 bits per heavy atom. The lowest BCUT2D eigenvalue weighted by Gasteiger charge is -2.26. The fourth-order valence-electron chi connectivity index (χ4n) is 2.66. The van der Waals surface area contributed by atoms with Crippen molar-refractivity contribution in [2.45, 2.75) is 45.1 Å². The zero-order valence-electron chi connectivity index (χ0n) is 11.9. The molecule has 20 heavy (non-hydrogen) atoms. The first kappa shape index (κ1) is 14.8. The molecule has 0 spiro atoms. The third-order valence-corrected chi connectivity index (χ3v) is 3.80. The van der Waals surface area contributed by atoms with E-state index in [-0.39, 0.29) is 6.03 Å². The van der Waals surface area contributed by atoms with E-state index in [9.17, 15) is 9.90 Å². The summed E-state index contributed by atoms with van der Waals surface area (Å²) >= 11 is 0. The number of aliphatic hydroxyl groups is 1. The van der Waals surface area contributed by atoms with E-state index in [0.717, 1.165) is 18.5 Å². The van der Waals surface area contributed by atoms with Crippen LogP contribution in [0, 0.1) is 12.8 Å². The molecule has 110 valence electrons. The zero-order chi connectivity index (χ0) is 14.4. The Kier molecular flexibility index (Phi) is 5.35. The molecule has 1 saturated carbocycles. The maximum atomic E-state index is 11.7. The van der Waals surface area contributed by atoms with E-state index in [1.54, 1.807) is 6.07 Å². The third-order valence-electron chi connectivity index (χ3n) is 3.80. The Bertz CT molecular complexity index is 444. The zero-order valence-corrected chi connectivity index (χ0v) is 11.9. The average Bonchev–Trinajstić information content (AvgIpc) is 2.46. The number of urea groups is 1. The van der Waals surface area contributed by atoms with Crippen molar-refractivity contribution < 1.29 is 9.90 Å². The van der Waals surface area contributed by atoms with Crippen LogP contribution < -0.4 is 10.6 Å². The van der Waals surface area contributed by atoms with Gasteiger partial charge < -0.3 is 10.4 Å². The summed E-state index contributed by atoms with van der Waals surface area (Å²) in [6.45, 7) is 2.16. The summed E-state index contributed by atoms with van der Waals surface area (Å²) in [6, 6.07) is 5.13. The first-order valence-corrected chi connectivity index (χ1v) is 7.32. The van der Waals surface area contributed by atoms with Gasteiger partial charge in [0, 0.05) is 12.2 Å². The van der Waals surface area contributed by atoms with Crippen LogP contribution in [0.3, 0.4) is 0 Å². The SMILES string of the molecule is Cc1cccc(NC(=O)NC[C@H](O)C2CCCCC2)n1. The van der Waals surface area contributed by atoms with E-state index in [4.69, 9.17) is 0 Å². The molecular weight excluding hydrogens is 254 g/mol. The van der Waals surface area contributed by atoms with E-state index in [1.165, 1.54) is 19.3 Å². The second-order valence-electron chi connectivity index (χ2n) is 5.46. The smallest absolute Gasteiger partial charge is 0.320 e. The second kappa shape index (κ2) is 7.24. The second-order valence-corrected chi connectivity index (χ2v) is 5.46. The molecule has 0 radical (unpaired) electrons. The van der Waals surface area contributed by atoms with Crippen molar-refractivity contribution >= 4 is 11.8 Å². The number of carbonyl (C=O) groups is 1. The Morgan fingerprint density at radius 1 is 1.40 bits per heavy atom. The summed E-state index contributed by atoms with van der Waals surface area (Å²) < 4.78 is 0. The van der Waals surface area contributed by atoms with Crippen molar-refractivity contribution in [2.75, 3.05) is 11.9 Å². The summed E-state index contributed by atoms with van der Waals surface area (Å²) in [5.41, 5.74) is 0.852. The van der Waals surface area contributed by atoms with Gasteiger partial charge >= 0.3 is 6.03 Å². The molecule has 1 heterocycles. The number of pyridine rings is 1. The molecule has 1 aliphatic carbocycles. The van der Waals surface area contributed by atoms with Crippen molar-refractivity contribution in [3.05, 3.63) is 23.9 Å². The van der Waals surface area contributed by atoms with E-state index >= 15 is 0 Å². The quantitative estimate of drug-likeness (QED) is 0.791. The lowest BCUT2D eigenvalue weighted by Crippen LogP contribution is -2.39. The van der Waals surface area contributed by atoms with Gasteiger partial charge in [-0.05, 0) is 37.8 Å². The normalized spacial score (nSPS) is 17.5. The van der Waals surface area contributed by atoms with E-state index in [0.29, 0.717) is 18.3 Å². The van der Waals surface area contributed by atoms with Gasteiger partial charge in [0.2, 0.25) is 0 Å². The summed E-state index contributed by atoms with van der Waals surface area (Å²) in [7, 11) is 0. The molecule has 1 fully saturated rings. The number of nitrogens with one attached hydrogen (secondary N) is 2. The number of aromatic nitrogens is 1. The molecule has 0 aromatic carbocycles. The lowest BCUT2D eigenvalue weighted by atomic mass is 9.85. The van der Waals surface area contributed by atoms with Crippen LogP contribution in [0.2, 0.25) is 0 Å². The highest BCUT2D eigenvalue weighted by molar-refractivity contribution is 5.88. The van der Waals surface area contributed by atoms with Gasteiger partial charge in [-0.25, -0.2) is 9.78 Å². The minimum absolute atomic E-state index is 0.294. The Labute approximate surface area is 119 Å². The van der Waals surface area contributed by atoms with Gasteiger partial charge in [0.15, 0.2) is 0 Å². The number of aryl methyl sites for hydroxylation is 1. The first-order valence-electron chi connectivity index (χ1n) is 7.32. The molecule has 5 nitrogen and oxygen atoms in total. The van der Waals surface area contributed by atoms with Crippen LogP contribution >= 0.6 is 0 Å². The molecule has 0 saturated heterocycles. The molecule has 0 unspecified atom stereocenters. The Hall–Kier alpha value is -1.62. The molecular formula is C15H23N3O2. The number of hydrogen-bond donors (Lipinski definition) is 3. The van der Waals surface area contributed by atoms with E-state index in [1.807, 2.05) is 19.1 Å². The Morgan fingerprint density at radius 2 is 2.15 bits per heavy atom. The minimum atomic E-state index is -0.452. The summed E-state index contributed by atoms with van der Waals surface area (Å²) in [4.78, 5) is 15.9. The van der Waals surface area contributed by atoms with E-state index < -0.39 is 6.10 Å². The molecule has 5 heteroatoms. The molecule has 1 aromatic heterocycles. The predicted octanol–water partition coefficient (Wildman–Crippen LogP) is 2.45. The van der Waals surface area contributed by atoms with Crippen molar-refractivity contribution in [2.24, 2.45) is 5.92 Å². The maximum absolute atomic E-state index is 11.7. The molecule has 0 aliphatic heterocycles. The van der Waals surface area contributed by atoms with Crippen LogP contribution in [0.5, 0.6) is 0 Å². The number of aliphatic hydroxyl groups excluding tert-OH is 1. The number of carbonyl (C=O) groups excluding carboxylic acids is 1. The van der Waals surface area contributed by atoms with Crippen molar-refractivity contribution in [3.63, 3.8) is 0 Å². The topological polar surface area (TPSA) is 74.2 Å². The molecule has 3 N–H and O–H groups in total. The first-order chi connectivity index (χ1) is 9.65. The van der Waals surface area contributed by atoms with Crippen LogP contribution in [0.4, 0.5) is 10.6 Å². The predicted molar refractivity (Wildman–Crippen MR) is 78.6 cm³/mol. The van der Waals surface area contributed by atoms with Gasteiger partial charge in [0.25, 0.3) is 0 Å². The number of hydrogen-bond acceptors (Lipinski definition) is 3. The molecule has 1 aliphatic rings. The van der Waals surface area contributed by atoms with Gasteiger partial charge in [-0.3, -0.25) is 5.32 Å². The molecule has 2 amide bonds. The standard InChI is InChI=1S/C15H23N3O2/c1-11-6-5-9-14(17-11)18-15(20)16-10-13(19)12-7-3-2-4-8-12/h5-6,9,12-13,19H,2-4,7-8,10H2,1H3,(H2,16,17,18,20)/t13-/m0/s1. The monoisotopic (exact) mass is 277 g/mol. The van der Waals surface area contributed by atoms with Crippen molar-refractivity contribution in [1.82, 2.24) is 10.3 Å². The van der Waals surface area contributed by atoms with Gasteiger partial charge in [-0.2, -0.15) is 0 Å². The highest BCUT2D eigenvalue weighted by Crippen LogP contribution is 2.26. The van der Waals surface area contributed by atoms with Crippen LogP contribution in [0.25, 0.3) is 0 Å². The summed E-state index contributed by atoms with van der Waals surface area (Å²) in [6.07, 6.45) is 5.29. The van der Waals surface area contributed by atoms with Crippen LogP contribution in [0.1, 0.15) is 37.8 Å². The Balaban J connectivity index is 1.74. The molecule has 1 atom stereocenters. The van der Waals surface area contributed by atoms with Gasteiger partial charge in [-0.1, -0.05) is 25.3 Å². The van der Waals surface area contributed by atoms with Gasteiger partial charge in [-0.15, -0.1) is 0 Å². The van der Waals surface area contributed by atoms with Gasteiger partial charge in [0.05, 0.1) is 6.10 Å². The third kappa shape index (κ3) is 4.49. The molecule has 0 bridgehead atoms. The lowest BCUT2D eigenvalue weighted by molar-refractivity contribution is 0.0863. The molecule has 1 aromatic rings. The largest absolute Gasteiger partial charge is 0.391 e. The average molecular weight is 277 g/mol. The summed E-state index contributed by atoms with van der Waals surface area (Å²) in [5.74, 6) is 0.843. The highest BCUT2D eigenvalue weighted by atomic mass is 16.3. The van der Waals surface area contributed by atoms with Crippen molar-refractivity contribution in [3.8, 4) is 0 Å². The van der Waals surface area contributed by atoms with Crippen LogP contribution in [-0.4, -0.2) is 28.8 Å². The minimum Gasteiger partial charge on any atom is -0.391 e. The summed E-state index contributed by atoms with van der Waals surface area (Å²) in [5, 5.41) is 15.5. The highest BCUT2D eigenvalue weighted by Gasteiger charge is 2.21. The number of nitrogens with zero attached hydrogens (tertiary/aromatic N) is 1. The number of amides is 2. The van der Waals surface area contributed by atoms with Gasteiger partial charge in [0.1, 0.15) is 5.82 Å².